The maximum atomic E-state index is 10.4. The molecule has 0 rings (SSSR count). The summed E-state index contributed by atoms with van der Waals surface area (Å²) in [5.41, 5.74) is 5.02. The van der Waals surface area contributed by atoms with E-state index in [1.807, 2.05) is 0 Å². The van der Waals surface area contributed by atoms with Gasteiger partial charge in [0.05, 0.1) is 0 Å². The van der Waals surface area contributed by atoms with Crippen LogP contribution in [0.3, 0.4) is 0 Å². The van der Waals surface area contributed by atoms with Crippen LogP contribution in [0.15, 0.2) is 0 Å². The monoisotopic (exact) mass is 186 g/mol. The van der Waals surface area contributed by atoms with E-state index in [1.165, 1.54) is 6.42 Å². The molecule has 0 aliphatic rings. The largest absolute Gasteiger partial charge is 0.370 e. The molecule has 0 bridgehead atoms. The van der Waals surface area contributed by atoms with Crippen LogP contribution in [0.25, 0.3) is 0 Å². The Labute approximate surface area is 81.1 Å². The van der Waals surface area contributed by atoms with Crippen LogP contribution in [0.1, 0.15) is 40.0 Å². The molecule has 0 spiro atoms. The highest BCUT2D eigenvalue weighted by atomic mass is 16.1. The molecular weight excluding hydrogens is 164 g/mol. The van der Waals surface area contributed by atoms with Crippen LogP contribution < -0.4 is 11.1 Å². The van der Waals surface area contributed by atoms with Crippen LogP contribution in [0.2, 0.25) is 0 Å². The molecule has 3 heteroatoms. The highest BCUT2D eigenvalue weighted by Crippen LogP contribution is 2.05. The molecular formula is C10H22N2O. The van der Waals surface area contributed by atoms with Gasteiger partial charge in [-0.2, -0.15) is 0 Å². The lowest BCUT2D eigenvalue weighted by Crippen LogP contribution is -2.30. The van der Waals surface area contributed by atoms with Gasteiger partial charge in [-0.25, -0.2) is 0 Å². The molecule has 13 heavy (non-hydrogen) atoms. The van der Waals surface area contributed by atoms with Crippen LogP contribution in [-0.2, 0) is 4.79 Å². The van der Waals surface area contributed by atoms with Crippen LogP contribution in [0, 0.1) is 5.92 Å². The fourth-order valence-electron chi connectivity index (χ4n) is 1.13. The fraction of sp³-hybridized carbons (Fsp3) is 0.900. The Morgan fingerprint density at radius 3 is 2.38 bits per heavy atom. The van der Waals surface area contributed by atoms with Gasteiger partial charge in [0.25, 0.3) is 0 Å². The van der Waals surface area contributed by atoms with E-state index in [0.29, 0.717) is 19.0 Å². The number of hydrogen-bond acceptors (Lipinski definition) is 2. The summed E-state index contributed by atoms with van der Waals surface area (Å²) in [4.78, 5) is 10.4. The van der Waals surface area contributed by atoms with E-state index in [2.05, 4.69) is 26.1 Å². The second-order valence-electron chi connectivity index (χ2n) is 4.04. The number of nitrogens with one attached hydrogen (secondary N) is 1. The molecule has 0 aliphatic heterocycles. The Bertz CT molecular complexity index is 146. The summed E-state index contributed by atoms with van der Waals surface area (Å²) in [5, 5.41) is 3.27. The smallest absolute Gasteiger partial charge is 0.218 e. The van der Waals surface area contributed by atoms with Crippen molar-refractivity contribution in [2.24, 2.45) is 11.7 Å². The summed E-state index contributed by atoms with van der Waals surface area (Å²) < 4.78 is 0. The Hall–Kier alpha value is -0.570. The lowest BCUT2D eigenvalue weighted by Gasteiger charge is -2.14. The average Bonchev–Trinajstić information content (AvgIpc) is 2.00. The van der Waals surface area contributed by atoms with E-state index in [1.54, 1.807) is 0 Å². The molecule has 1 unspecified atom stereocenters. The number of hydrogen-bond donors (Lipinski definition) is 2. The highest BCUT2D eigenvalue weighted by Gasteiger charge is 2.03. The first-order valence-corrected chi connectivity index (χ1v) is 5.04. The minimum absolute atomic E-state index is 0.233. The van der Waals surface area contributed by atoms with Gasteiger partial charge in [0.2, 0.25) is 5.91 Å². The Morgan fingerprint density at radius 2 is 1.92 bits per heavy atom. The van der Waals surface area contributed by atoms with Gasteiger partial charge in [-0.15, -0.1) is 0 Å². The topological polar surface area (TPSA) is 55.1 Å². The zero-order valence-electron chi connectivity index (χ0n) is 8.97. The summed E-state index contributed by atoms with van der Waals surface area (Å²) in [7, 11) is 0. The fourth-order valence-corrected chi connectivity index (χ4v) is 1.13. The molecule has 0 saturated heterocycles. The maximum absolute atomic E-state index is 10.4. The molecule has 0 aliphatic carbocycles. The summed E-state index contributed by atoms with van der Waals surface area (Å²) in [6.45, 7) is 7.28. The molecule has 0 radical (unpaired) electrons. The molecule has 78 valence electrons. The first kappa shape index (κ1) is 12.4. The van der Waals surface area contributed by atoms with Crippen molar-refractivity contribution >= 4 is 5.91 Å². The molecule has 0 fully saturated rings. The standard InChI is InChI=1S/C10H22N2O/c1-8(2)4-5-9(3)12-7-6-10(11)13/h8-9,12H,4-7H2,1-3H3,(H2,11,13). The minimum Gasteiger partial charge on any atom is -0.370 e. The van der Waals surface area contributed by atoms with Crippen molar-refractivity contribution in [2.75, 3.05) is 6.54 Å². The van der Waals surface area contributed by atoms with Gasteiger partial charge < -0.3 is 11.1 Å². The van der Waals surface area contributed by atoms with E-state index in [0.717, 1.165) is 12.3 Å². The summed E-state index contributed by atoms with van der Waals surface area (Å²) in [6, 6.07) is 0.488. The molecule has 0 aromatic carbocycles. The van der Waals surface area contributed by atoms with Crippen molar-refractivity contribution < 1.29 is 4.79 Å². The minimum atomic E-state index is -0.233. The van der Waals surface area contributed by atoms with E-state index < -0.39 is 0 Å². The molecule has 1 amide bonds. The molecule has 0 heterocycles. The normalized spacial score (nSPS) is 13.2. The number of amides is 1. The van der Waals surface area contributed by atoms with Gasteiger partial charge in [0, 0.05) is 19.0 Å². The van der Waals surface area contributed by atoms with E-state index in [4.69, 9.17) is 5.73 Å². The SMILES string of the molecule is CC(C)CCC(C)NCCC(N)=O. The van der Waals surface area contributed by atoms with Gasteiger partial charge in [0.15, 0.2) is 0 Å². The summed E-state index contributed by atoms with van der Waals surface area (Å²) >= 11 is 0. The summed E-state index contributed by atoms with van der Waals surface area (Å²) in [5.74, 6) is 0.518. The molecule has 3 nitrogen and oxygen atoms in total. The zero-order chi connectivity index (χ0) is 10.3. The van der Waals surface area contributed by atoms with Gasteiger partial charge in [-0.05, 0) is 25.7 Å². The van der Waals surface area contributed by atoms with Crippen LogP contribution in [-0.4, -0.2) is 18.5 Å². The molecule has 3 N–H and O–H groups in total. The Balaban J connectivity index is 3.29. The number of carbonyl (C=O) groups excluding carboxylic acids is 1. The second-order valence-corrected chi connectivity index (χ2v) is 4.04. The van der Waals surface area contributed by atoms with Crippen LogP contribution >= 0.6 is 0 Å². The van der Waals surface area contributed by atoms with Crippen molar-refractivity contribution in [3.8, 4) is 0 Å². The molecule has 0 aromatic heterocycles. The van der Waals surface area contributed by atoms with Crippen molar-refractivity contribution in [1.82, 2.24) is 5.32 Å². The van der Waals surface area contributed by atoms with Crippen molar-refractivity contribution in [2.45, 2.75) is 46.1 Å². The average molecular weight is 186 g/mol. The van der Waals surface area contributed by atoms with Crippen LogP contribution in [0.5, 0.6) is 0 Å². The summed E-state index contributed by atoms with van der Waals surface area (Å²) in [6.07, 6.45) is 2.83. The third-order valence-corrected chi connectivity index (χ3v) is 2.04. The highest BCUT2D eigenvalue weighted by molar-refractivity contribution is 5.73. The van der Waals surface area contributed by atoms with Gasteiger partial charge in [0.1, 0.15) is 0 Å². The third kappa shape index (κ3) is 9.34. The van der Waals surface area contributed by atoms with Gasteiger partial charge in [-0.1, -0.05) is 13.8 Å². The van der Waals surface area contributed by atoms with Crippen molar-refractivity contribution in [3.05, 3.63) is 0 Å². The number of rotatable bonds is 7. The van der Waals surface area contributed by atoms with E-state index in [-0.39, 0.29) is 5.91 Å². The Morgan fingerprint density at radius 1 is 1.31 bits per heavy atom. The molecule has 0 saturated carbocycles. The quantitative estimate of drug-likeness (QED) is 0.629. The van der Waals surface area contributed by atoms with E-state index >= 15 is 0 Å². The Kier molecular flexibility index (Phi) is 6.59. The second kappa shape index (κ2) is 6.89. The lowest BCUT2D eigenvalue weighted by molar-refractivity contribution is -0.117. The van der Waals surface area contributed by atoms with E-state index in [9.17, 15) is 4.79 Å². The third-order valence-electron chi connectivity index (χ3n) is 2.04. The zero-order valence-corrected chi connectivity index (χ0v) is 8.97. The predicted octanol–water partition coefficient (Wildman–Crippen LogP) is 1.28. The maximum Gasteiger partial charge on any atom is 0.218 e. The lowest BCUT2D eigenvalue weighted by atomic mass is 10.0. The molecule has 1 atom stereocenters. The van der Waals surface area contributed by atoms with Crippen molar-refractivity contribution in [1.29, 1.82) is 0 Å². The number of nitrogens with two attached hydrogens (primary N) is 1. The number of primary amides is 1. The first-order valence-electron chi connectivity index (χ1n) is 5.04. The van der Waals surface area contributed by atoms with Gasteiger partial charge >= 0.3 is 0 Å². The van der Waals surface area contributed by atoms with Crippen LogP contribution in [0.4, 0.5) is 0 Å². The van der Waals surface area contributed by atoms with Gasteiger partial charge in [-0.3, -0.25) is 4.79 Å². The molecule has 0 aromatic rings. The van der Waals surface area contributed by atoms with Crippen molar-refractivity contribution in [3.63, 3.8) is 0 Å². The number of carbonyl (C=O) groups is 1. The first-order chi connectivity index (χ1) is 6.02. The predicted molar refractivity (Wildman–Crippen MR) is 55.3 cm³/mol.